The molecule has 38 heavy (non-hydrogen) atoms. The quantitative estimate of drug-likeness (QED) is 0.349. The Bertz CT molecular complexity index is 1500. The second-order valence-electron chi connectivity index (χ2n) is 10.0. The van der Waals surface area contributed by atoms with Gasteiger partial charge in [0.25, 0.3) is 0 Å². The second-order valence-corrected chi connectivity index (χ2v) is 14.0. The first-order valence-corrected chi connectivity index (χ1v) is 15.8. The van der Waals surface area contributed by atoms with Gasteiger partial charge in [0.05, 0.1) is 33.7 Å². The Morgan fingerprint density at radius 2 is 1.97 bits per heavy atom. The number of ether oxygens (including phenoxy) is 2. The molecule has 206 valence electrons. The first kappa shape index (κ1) is 27.0. The smallest absolute Gasteiger partial charge is 0.243 e. The molecule has 3 aromatic rings. The summed E-state index contributed by atoms with van der Waals surface area (Å²) in [4.78, 5) is 0.419. The van der Waals surface area contributed by atoms with E-state index in [1.165, 1.54) is 16.4 Å². The van der Waals surface area contributed by atoms with Gasteiger partial charge in [-0.3, -0.25) is 5.10 Å². The molecule has 2 aliphatic heterocycles. The number of aromatic amines is 1. The number of nitrogens with one attached hydrogen (secondary N) is 2. The van der Waals surface area contributed by atoms with Gasteiger partial charge in [-0.05, 0) is 55.7 Å². The van der Waals surface area contributed by atoms with Crippen LogP contribution in [0.5, 0.6) is 5.75 Å². The molecule has 2 atom stereocenters. The van der Waals surface area contributed by atoms with E-state index in [9.17, 15) is 21.9 Å². The lowest BCUT2D eigenvalue weighted by Crippen LogP contribution is -2.47. The zero-order valence-electron chi connectivity index (χ0n) is 21.0. The Kier molecular flexibility index (Phi) is 7.50. The van der Waals surface area contributed by atoms with Crippen molar-refractivity contribution in [3.63, 3.8) is 0 Å². The minimum atomic E-state index is -3.61. The summed E-state index contributed by atoms with van der Waals surface area (Å²) >= 11 is 0. The number of sulfone groups is 1. The normalized spacial score (nSPS) is 21.2. The van der Waals surface area contributed by atoms with Crippen LogP contribution in [-0.4, -0.2) is 93.3 Å². The number of nitrogens with zero attached hydrogens (tertiary/aromatic N) is 2. The Morgan fingerprint density at radius 1 is 1.18 bits per heavy atom. The van der Waals surface area contributed by atoms with E-state index in [-0.39, 0.29) is 34.6 Å². The van der Waals surface area contributed by atoms with E-state index >= 15 is 0 Å². The molecule has 2 aromatic carbocycles. The monoisotopic (exact) mass is 564 g/mol. The first-order valence-electron chi connectivity index (χ1n) is 12.5. The lowest BCUT2D eigenvalue weighted by Gasteiger charge is -2.38. The van der Waals surface area contributed by atoms with Crippen molar-refractivity contribution in [1.82, 2.24) is 19.8 Å². The average Bonchev–Trinajstić information content (AvgIpc) is 3.53. The number of hydrogen-bond acceptors (Lipinski definition) is 9. The molecule has 2 saturated heterocycles. The topological polar surface area (TPSA) is 151 Å². The van der Waals surface area contributed by atoms with Gasteiger partial charge in [-0.25, -0.2) is 16.8 Å². The van der Waals surface area contributed by atoms with Crippen molar-refractivity contribution in [2.24, 2.45) is 0 Å². The lowest BCUT2D eigenvalue weighted by atomic mass is 9.88. The molecule has 1 aromatic heterocycles. The van der Waals surface area contributed by atoms with Crippen LogP contribution in [0.1, 0.15) is 19.3 Å². The number of fused-ring (bicyclic) bond motifs is 1. The predicted octanol–water partition coefficient (Wildman–Crippen LogP) is 1.31. The molecule has 5 rings (SSSR count). The van der Waals surface area contributed by atoms with E-state index in [1.54, 1.807) is 36.5 Å². The number of sulfonamides is 1. The maximum atomic E-state index is 13.2. The number of aliphatic hydroxyl groups excluding tert-OH is 1. The Labute approximate surface area is 222 Å². The van der Waals surface area contributed by atoms with Gasteiger partial charge in [-0.15, -0.1) is 0 Å². The van der Waals surface area contributed by atoms with Gasteiger partial charge < -0.3 is 19.9 Å². The summed E-state index contributed by atoms with van der Waals surface area (Å²) in [5.74, 6) is 0.376. The molecule has 2 unspecified atom stereocenters. The van der Waals surface area contributed by atoms with Crippen LogP contribution in [0.2, 0.25) is 0 Å². The van der Waals surface area contributed by atoms with E-state index in [2.05, 4.69) is 15.5 Å². The molecule has 0 aliphatic carbocycles. The average molecular weight is 565 g/mol. The largest absolute Gasteiger partial charge is 0.491 e. The molecule has 0 saturated carbocycles. The van der Waals surface area contributed by atoms with Gasteiger partial charge >= 0.3 is 0 Å². The van der Waals surface area contributed by atoms with Gasteiger partial charge in [-0.2, -0.15) is 9.40 Å². The van der Waals surface area contributed by atoms with Crippen molar-refractivity contribution in [1.29, 1.82) is 0 Å². The summed E-state index contributed by atoms with van der Waals surface area (Å²) in [5, 5.41) is 21.2. The van der Waals surface area contributed by atoms with Crippen molar-refractivity contribution in [2.75, 3.05) is 39.1 Å². The van der Waals surface area contributed by atoms with Gasteiger partial charge in [0, 0.05) is 37.3 Å². The lowest BCUT2D eigenvalue weighted by molar-refractivity contribution is -0.0312. The summed E-state index contributed by atoms with van der Waals surface area (Å²) in [6.07, 6.45) is 3.87. The molecule has 0 bridgehead atoms. The second kappa shape index (κ2) is 10.5. The molecule has 3 heterocycles. The number of hydrogen-bond donors (Lipinski definition) is 3. The first-order chi connectivity index (χ1) is 18.0. The minimum Gasteiger partial charge on any atom is -0.491 e. The molecule has 11 nitrogen and oxygen atoms in total. The maximum absolute atomic E-state index is 13.2. The van der Waals surface area contributed by atoms with Crippen molar-refractivity contribution in [3.05, 3.63) is 48.7 Å². The molecule has 13 heteroatoms. The van der Waals surface area contributed by atoms with Crippen LogP contribution in [-0.2, 0) is 24.6 Å². The molecular formula is C25H32N4O7S2. The van der Waals surface area contributed by atoms with E-state index < -0.39 is 26.0 Å². The van der Waals surface area contributed by atoms with Crippen LogP contribution >= 0.6 is 0 Å². The Hall–Kier alpha value is -2.55. The SMILES string of the molecule is CS(=O)(=O)c1cccc(OCC(O)CNC2COC3(CCN(S(=O)(=O)c4ccc5[nH]ncc5c4)CC3)C2)c1. The summed E-state index contributed by atoms with van der Waals surface area (Å²) in [6, 6.07) is 11.2. The van der Waals surface area contributed by atoms with Gasteiger partial charge in [0.2, 0.25) is 10.0 Å². The number of H-pyrrole nitrogens is 1. The van der Waals surface area contributed by atoms with E-state index in [4.69, 9.17) is 9.47 Å². The Balaban J connectivity index is 1.09. The number of aliphatic hydroxyl groups is 1. The molecule has 0 amide bonds. The van der Waals surface area contributed by atoms with Gasteiger partial charge in [-0.1, -0.05) is 6.07 Å². The summed E-state index contributed by atoms with van der Waals surface area (Å²) in [5.41, 5.74) is 0.406. The molecule has 3 N–H and O–H groups in total. The zero-order valence-corrected chi connectivity index (χ0v) is 22.7. The van der Waals surface area contributed by atoms with Crippen LogP contribution < -0.4 is 10.1 Å². The molecule has 1 spiro atoms. The zero-order chi connectivity index (χ0) is 27.0. The Morgan fingerprint density at radius 3 is 2.74 bits per heavy atom. The highest BCUT2D eigenvalue weighted by Gasteiger charge is 2.44. The van der Waals surface area contributed by atoms with Crippen molar-refractivity contribution >= 4 is 30.8 Å². The number of aromatic nitrogens is 2. The van der Waals surface area contributed by atoms with Crippen molar-refractivity contribution in [2.45, 2.75) is 46.8 Å². The molecular weight excluding hydrogens is 532 g/mol. The van der Waals surface area contributed by atoms with Crippen LogP contribution in [0.4, 0.5) is 0 Å². The summed E-state index contributed by atoms with van der Waals surface area (Å²) in [7, 11) is -6.95. The highest BCUT2D eigenvalue weighted by molar-refractivity contribution is 7.90. The van der Waals surface area contributed by atoms with Gasteiger partial charge in [0.1, 0.15) is 18.5 Å². The van der Waals surface area contributed by atoms with Crippen molar-refractivity contribution in [3.8, 4) is 5.75 Å². The highest BCUT2D eigenvalue weighted by atomic mass is 32.2. The highest BCUT2D eigenvalue weighted by Crippen LogP contribution is 2.37. The van der Waals surface area contributed by atoms with E-state index in [0.29, 0.717) is 38.3 Å². The number of benzene rings is 2. The van der Waals surface area contributed by atoms with Crippen LogP contribution in [0.3, 0.4) is 0 Å². The summed E-state index contributed by atoms with van der Waals surface area (Å²) < 4.78 is 63.1. The van der Waals surface area contributed by atoms with Crippen LogP contribution in [0.25, 0.3) is 10.9 Å². The fourth-order valence-corrected chi connectivity index (χ4v) is 7.17. The predicted molar refractivity (Wildman–Crippen MR) is 140 cm³/mol. The van der Waals surface area contributed by atoms with Crippen LogP contribution in [0.15, 0.2) is 58.5 Å². The minimum absolute atomic E-state index is 0.0103. The van der Waals surface area contributed by atoms with Crippen LogP contribution in [0, 0.1) is 0 Å². The fraction of sp³-hybridized carbons (Fsp3) is 0.480. The molecule has 0 radical (unpaired) electrons. The third-order valence-electron chi connectivity index (χ3n) is 7.21. The van der Waals surface area contributed by atoms with E-state index in [0.717, 1.165) is 23.6 Å². The van der Waals surface area contributed by atoms with E-state index in [1.807, 2.05) is 0 Å². The third-order valence-corrected chi connectivity index (χ3v) is 10.2. The number of rotatable bonds is 9. The van der Waals surface area contributed by atoms with Gasteiger partial charge in [0.15, 0.2) is 9.84 Å². The van der Waals surface area contributed by atoms with Crippen molar-refractivity contribution < 1.29 is 31.4 Å². The number of piperidine rings is 1. The maximum Gasteiger partial charge on any atom is 0.243 e. The standard InChI is InChI=1S/C25H32N4O7S2/c1-37(31,32)22-4-2-3-21(12-22)35-17-20(30)15-26-19-13-25(36-16-19)7-9-29(10-8-25)38(33,34)23-5-6-24-18(11-23)14-27-28-24/h2-6,11-12,14,19-20,26,30H,7-10,13,15-17H2,1H3,(H,27,28). The molecule has 2 aliphatic rings. The third kappa shape index (κ3) is 5.87. The summed E-state index contributed by atoms with van der Waals surface area (Å²) in [6.45, 7) is 1.53. The fourth-order valence-electron chi connectivity index (χ4n) is 5.04. The molecule has 2 fully saturated rings.